The maximum Gasteiger partial charge on any atom is 0.341 e. The molecule has 1 aromatic rings. The van der Waals surface area contributed by atoms with Gasteiger partial charge in [0.2, 0.25) is 5.91 Å². The van der Waals surface area contributed by atoms with Gasteiger partial charge in [-0.1, -0.05) is 24.0 Å². The van der Waals surface area contributed by atoms with Crippen LogP contribution in [-0.2, 0) is 22.4 Å². The lowest BCUT2D eigenvalue weighted by Crippen LogP contribution is -2.21. The average molecular weight is 373 g/mol. The average Bonchev–Trinajstić information content (AvgIpc) is 3.04. The van der Waals surface area contributed by atoms with Crippen molar-refractivity contribution in [2.24, 2.45) is 0 Å². The van der Waals surface area contributed by atoms with Gasteiger partial charge in [-0.05, 0) is 31.7 Å². The molecule has 23 heavy (non-hydrogen) atoms. The number of anilines is 1. The van der Waals surface area contributed by atoms with Gasteiger partial charge < -0.3 is 15.0 Å². The van der Waals surface area contributed by atoms with Crippen molar-refractivity contribution in [2.75, 3.05) is 31.8 Å². The van der Waals surface area contributed by atoms with Crippen LogP contribution < -0.4 is 5.32 Å². The van der Waals surface area contributed by atoms with E-state index in [0.29, 0.717) is 21.5 Å². The second kappa shape index (κ2) is 8.12. The number of nitrogens with one attached hydrogen (secondary N) is 1. The van der Waals surface area contributed by atoms with Crippen molar-refractivity contribution in [3.63, 3.8) is 0 Å². The summed E-state index contributed by atoms with van der Waals surface area (Å²) in [7, 11) is 3.69. The van der Waals surface area contributed by atoms with E-state index in [1.807, 2.05) is 14.1 Å². The number of fused-ring (bicyclic) bond motifs is 1. The molecule has 1 aromatic heterocycles. The summed E-state index contributed by atoms with van der Waals surface area (Å²) in [5.41, 5.74) is 1.58. The molecule has 0 aromatic carbocycles. The summed E-state index contributed by atoms with van der Waals surface area (Å²) in [6, 6.07) is 0. The molecule has 1 aliphatic carbocycles. The van der Waals surface area contributed by atoms with Gasteiger partial charge in [0, 0.05) is 19.0 Å². The Hall–Kier alpha value is -1.12. The van der Waals surface area contributed by atoms with E-state index in [9.17, 15) is 9.59 Å². The van der Waals surface area contributed by atoms with E-state index in [1.54, 1.807) is 11.8 Å². The smallest absolute Gasteiger partial charge is 0.341 e. The molecule has 1 aliphatic rings. The summed E-state index contributed by atoms with van der Waals surface area (Å²) >= 11 is 7.94. The third-order valence-corrected chi connectivity index (χ3v) is 6.29. The summed E-state index contributed by atoms with van der Waals surface area (Å²) in [5.74, 6) is -0.287. The van der Waals surface area contributed by atoms with Crippen molar-refractivity contribution in [2.45, 2.75) is 26.2 Å². The van der Waals surface area contributed by atoms with Crippen LogP contribution in [0.5, 0.6) is 0 Å². The number of hydrogen-bond donors (Lipinski definition) is 1. The van der Waals surface area contributed by atoms with Gasteiger partial charge in [-0.15, -0.1) is 11.3 Å². The molecule has 0 saturated heterocycles. The van der Waals surface area contributed by atoms with Crippen LogP contribution in [0.25, 0.3) is 0 Å². The van der Waals surface area contributed by atoms with Crippen LogP contribution in [0.1, 0.15) is 34.1 Å². The van der Waals surface area contributed by atoms with E-state index in [1.165, 1.54) is 28.0 Å². The Bertz CT molecular complexity index is 626. The molecule has 0 radical (unpaired) electrons. The molecule has 0 saturated carbocycles. The molecular weight excluding hydrogens is 352 g/mol. The zero-order chi connectivity index (χ0) is 17.0. The molecular formula is C15H20N2O3S3. The summed E-state index contributed by atoms with van der Waals surface area (Å²) in [4.78, 5) is 27.3. The third kappa shape index (κ3) is 4.45. The minimum Gasteiger partial charge on any atom is -0.462 e. The second-order valence-corrected chi connectivity index (χ2v) is 7.99. The SMILES string of the molecule is CCOC(=O)c1c(NC(=O)CSC(=S)N(C)C)sc2c1CCC2. The fourth-order valence-corrected chi connectivity index (χ4v) is 4.39. The molecule has 0 atom stereocenters. The first-order chi connectivity index (χ1) is 10.9. The van der Waals surface area contributed by atoms with Crippen molar-refractivity contribution in [3.05, 3.63) is 16.0 Å². The number of ether oxygens (including phenoxy) is 1. The topological polar surface area (TPSA) is 58.6 Å². The molecule has 0 fully saturated rings. The molecule has 0 bridgehead atoms. The van der Waals surface area contributed by atoms with Gasteiger partial charge in [-0.25, -0.2) is 4.79 Å². The first-order valence-corrected chi connectivity index (χ1v) is 9.60. The fourth-order valence-electron chi connectivity index (χ4n) is 2.33. The number of rotatable bonds is 5. The Labute approximate surface area is 149 Å². The molecule has 8 heteroatoms. The number of thiocarbonyl (C=S) groups is 1. The number of hydrogen-bond acceptors (Lipinski definition) is 6. The largest absolute Gasteiger partial charge is 0.462 e. The second-order valence-electron chi connectivity index (χ2n) is 5.28. The number of thioether (sulfide) groups is 1. The van der Waals surface area contributed by atoms with Crippen LogP contribution in [0, 0.1) is 0 Å². The van der Waals surface area contributed by atoms with Crippen LogP contribution in [0.3, 0.4) is 0 Å². The maximum absolute atomic E-state index is 12.2. The van der Waals surface area contributed by atoms with Crippen LogP contribution in [0.2, 0.25) is 0 Å². The lowest BCUT2D eigenvalue weighted by Gasteiger charge is -2.12. The number of carbonyl (C=O) groups excluding carboxylic acids is 2. The summed E-state index contributed by atoms with van der Waals surface area (Å²) in [5, 5.41) is 3.46. The standard InChI is InChI=1S/C15H20N2O3S3/c1-4-20-14(19)12-9-6-5-7-10(9)23-13(12)16-11(18)8-22-15(21)17(2)3/h4-8H2,1-3H3,(H,16,18). The van der Waals surface area contributed by atoms with Crippen molar-refractivity contribution in [1.29, 1.82) is 0 Å². The highest BCUT2D eigenvalue weighted by Gasteiger charge is 2.28. The molecule has 126 valence electrons. The Morgan fingerprint density at radius 1 is 1.39 bits per heavy atom. The van der Waals surface area contributed by atoms with Crippen molar-refractivity contribution in [3.8, 4) is 0 Å². The van der Waals surface area contributed by atoms with E-state index < -0.39 is 0 Å². The van der Waals surface area contributed by atoms with Crippen molar-refractivity contribution >= 4 is 56.5 Å². The van der Waals surface area contributed by atoms with Crippen LogP contribution in [-0.4, -0.2) is 47.6 Å². The van der Waals surface area contributed by atoms with Crippen LogP contribution in [0.4, 0.5) is 5.00 Å². The summed E-state index contributed by atoms with van der Waals surface area (Å²) < 4.78 is 5.80. The van der Waals surface area contributed by atoms with E-state index in [-0.39, 0.29) is 17.6 Å². The Kier molecular flexibility index (Phi) is 6.43. The van der Waals surface area contributed by atoms with Crippen LogP contribution >= 0.6 is 35.3 Å². The highest BCUT2D eigenvalue weighted by molar-refractivity contribution is 8.23. The minimum atomic E-state index is -0.348. The van der Waals surface area contributed by atoms with E-state index in [0.717, 1.165) is 24.8 Å². The lowest BCUT2D eigenvalue weighted by atomic mass is 10.1. The Morgan fingerprint density at radius 2 is 2.13 bits per heavy atom. The number of thiophene rings is 1. The number of nitrogens with zero attached hydrogens (tertiary/aromatic N) is 1. The normalized spacial score (nSPS) is 12.7. The summed E-state index contributed by atoms with van der Waals surface area (Å²) in [6.07, 6.45) is 2.88. The molecule has 0 unspecified atom stereocenters. The van der Waals surface area contributed by atoms with Gasteiger partial charge in [0.25, 0.3) is 0 Å². The van der Waals surface area contributed by atoms with Gasteiger partial charge in [0.05, 0.1) is 17.9 Å². The lowest BCUT2D eigenvalue weighted by molar-refractivity contribution is -0.113. The minimum absolute atomic E-state index is 0.162. The van der Waals surface area contributed by atoms with E-state index in [2.05, 4.69) is 5.32 Å². The van der Waals surface area contributed by atoms with Crippen molar-refractivity contribution < 1.29 is 14.3 Å². The van der Waals surface area contributed by atoms with Gasteiger partial charge in [0.15, 0.2) is 0 Å². The highest BCUT2D eigenvalue weighted by Crippen LogP contribution is 2.39. The number of carbonyl (C=O) groups is 2. The van der Waals surface area contributed by atoms with E-state index in [4.69, 9.17) is 17.0 Å². The molecule has 1 N–H and O–H groups in total. The van der Waals surface area contributed by atoms with Gasteiger partial charge in [0.1, 0.15) is 9.32 Å². The van der Waals surface area contributed by atoms with Gasteiger partial charge >= 0.3 is 5.97 Å². The number of amides is 1. The Balaban J connectivity index is 2.09. The Morgan fingerprint density at radius 3 is 2.78 bits per heavy atom. The predicted octanol–water partition coefficient (Wildman–Crippen LogP) is 2.93. The molecule has 1 heterocycles. The quantitative estimate of drug-likeness (QED) is 0.633. The van der Waals surface area contributed by atoms with Gasteiger partial charge in [-0.2, -0.15) is 0 Å². The summed E-state index contributed by atoms with van der Waals surface area (Å²) in [6.45, 7) is 2.10. The molecule has 0 spiro atoms. The van der Waals surface area contributed by atoms with E-state index >= 15 is 0 Å². The fraction of sp³-hybridized carbons (Fsp3) is 0.533. The van der Waals surface area contributed by atoms with Crippen LogP contribution in [0.15, 0.2) is 0 Å². The number of aryl methyl sites for hydroxylation is 1. The predicted molar refractivity (Wildman–Crippen MR) is 99.7 cm³/mol. The first kappa shape index (κ1) is 18.2. The zero-order valence-electron chi connectivity index (χ0n) is 13.4. The molecule has 2 rings (SSSR count). The zero-order valence-corrected chi connectivity index (χ0v) is 15.9. The van der Waals surface area contributed by atoms with Crippen molar-refractivity contribution in [1.82, 2.24) is 4.90 Å². The highest BCUT2D eigenvalue weighted by atomic mass is 32.2. The monoisotopic (exact) mass is 372 g/mol. The molecule has 5 nitrogen and oxygen atoms in total. The third-order valence-electron chi connectivity index (χ3n) is 3.35. The maximum atomic E-state index is 12.2. The van der Waals surface area contributed by atoms with Gasteiger partial charge in [-0.3, -0.25) is 4.79 Å². The first-order valence-electron chi connectivity index (χ1n) is 7.39. The molecule has 0 aliphatic heterocycles. The molecule has 1 amide bonds. The number of esters is 1.